The van der Waals surface area contributed by atoms with Gasteiger partial charge in [0.25, 0.3) is 0 Å². The van der Waals surface area contributed by atoms with Crippen molar-refractivity contribution in [3.05, 3.63) is 53.1 Å². The number of aromatic nitrogens is 4. The molecule has 1 heterocycles. The molecule has 0 bridgehead atoms. The Morgan fingerprint density at radius 2 is 1.88 bits per heavy atom. The van der Waals surface area contributed by atoms with Crippen molar-refractivity contribution in [2.75, 3.05) is 14.1 Å². The van der Waals surface area contributed by atoms with Crippen molar-refractivity contribution in [1.82, 2.24) is 25.1 Å². The van der Waals surface area contributed by atoms with Gasteiger partial charge in [0.05, 0.1) is 0 Å². The van der Waals surface area contributed by atoms with E-state index in [9.17, 15) is 0 Å². The fraction of sp³-hybridized carbons (Fsp3) is 0.235. The number of hydrogen-bond acceptors (Lipinski definition) is 5. The largest absolute Gasteiger partial charge is 0.457 e. The third-order valence-electron chi connectivity index (χ3n) is 3.47. The third-order valence-corrected chi connectivity index (χ3v) is 3.72. The summed E-state index contributed by atoms with van der Waals surface area (Å²) < 4.78 is 7.67. The molecule has 0 saturated heterocycles. The predicted molar refractivity (Wildman–Crippen MR) is 93.2 cm³/mol. The van der Waals surface area contributed by atoms with Gasteiger partial charge in [0.2, 0.25) is 0 Å². The Hall–Kier alpha value is -2.44. The number of ether oxygens (including phenoxy) is 1. The number of hydrogen-bond donors (Lipinski definition) is 0. The summed E-state index contributed by atoms with van der Waals surface area (Å²) >= 11 is 5.92. The summed E-state index contributed by atoms with van der Waals surface area (Å²) in [6.07, 6.45) is 0. The minimum Gasteiger partial charge on any atom is -0.457 e. The quantitative estimate of drug-likeness (QED) is 0.710. The zero-order chi connectivity index (χ0) is 17.1. The first-order chi connectivity index (χ1) is 11.5. The fourth-order valence-corrected chi connectivity index (χ4v) is 2.51. The maximum atomic E-state index is 6.02. The molecule has 0 N–H and O–H groups in total. The van der Waals surface area contributed by atoms with Crippen LogP contribution >= 0.6 is 11.6 Å². The highest BCUT2D eigenvalue weighted by molar-refractivity contribution is 6.30. The molecule has 0 aliphatic heterocycles. The Morgan fingerprint density at radius 1 is 1.12 bits per heavy atom. The van der Waals surface area contributed by atoms with Gasteiger partial charge in [-0.2, -0.15) is 0 Å². The van der Waals surface area contributed by atoms with E-state index in [1.54, 1.807) is 4.68 Å². The molecule has 0 aliphatic carbocycles. The maximum Gasteiger partial charge on any atom is 0.181 e. The highest BCUT2D eigenvalue weighted by Gasteiger charge is 2.12. The van der Waals surface area contributed by atoms with Crippen LogP contribution in [0.1, 0.15) is 5.56 Å². The number of benzene rings is 2. The average molecular weight is 344 g/mol. The lowest BCUT2D eigenvalue weighted by Gasteiger charge is -2.16. The molecule has 0 spiro atoms. The summed E-state index contributed by atoms with van der Waals surface area (Å²) in [5.41, 5.74) is 2.00. The molecule has 0 atom stereocenters. The van der Waals surface area contributed by atoms with Gasteiger partial charge in [0.15, 0.2) is 5.82 Å². The Labute approximate surface area is 145 Å². The first kappa shape index (κ1) is 16.4. The number of aryl methyl sites for hydroxylation is 1. The van der Waals surface area contributed by atoms with Gasteiger partial charge in [0, 0.05) is 29.7 Å². The summed E-state index contributed by atoms with van der Waals surface area (Å²) in [7, 11) is 5.85. The molecule has 124 valence electrons. The van der Waals surface area contributed by atoms with E-state index in [4.69, 9.17) is 16.3 Å². The summed E-state index contributed by atoms with van der Waals surface area (Å²) in [5.74, 6) is 2.26. The molecular formula is C17H18ClN5O. The van der Waals surface area contributed by atoms with Crippen LogP contribution in [0.5, 0.6) is 11.5 Å². The topological polar surface area (TPSA) is 56.1 Å². The Bertz CT molecular complexity index is 829. The minimum absolute atomic E-state index is 0.681. The average Bonchev–Trinajstić information content (AvgIpc) is 2.97. The Balaban J connectivity index is 1.96. The van der Waals surface area contributed by atoms with Crippen LogP contribution in [0.2, 0.25) is 5.02 Å². The van der Waals surface area contributed by atoms with Crippen LogP contribution in [-0.4, -0.2) is 39.2 Å². The van der Waals surface area contributed by atoms with Crippen molar-refractivity contribution in [2.24, 2.45) is 7.05 Å². The van der Waals surface area contributed by atoms with Crippen molar-refractivity contribution in [3.8, 4) is 22.9 Å². The smallest absolute Gasteiger partial charge is 0.181 e. The number of tetrazole rings is 1. The van der Waals surface area contributed by atoms with Gasteiger partial charge < -0.3 is 9.64 Å². The minimum atomic E-state index is 0.681. The molecule has 24 heavy (non-hydrogen) atoms. The van der Waals surface area contributed by atoms with Crippen molar-refractivity contribution in [2.45, 2.75) is 6.54 Å². The van der Waals surface area contributed by atoms with E-state index in [-0.39, 0.29) is 0 Å². The molecule has 0 amide bonds. The summed E-state index contributed by atoms with van der Waals surface area (Å²) in [5, 5.41) is 12.3. The van der Waals surface area contributed by atoms with Crippen LogP contribution in [0.25, 0.3) is 11.4 Å². The lowest BCUT2D eigenvalue weighted by molar-refractivity contribution is 0.388. The van der Waals surface area contributed by atoms with Crippen LogP contribution in [-0.2, 0) is 13.6 Å². The van der Waals surface area contributed by atoms with Crippen molar-refractivity contribution in [3.63, 3.8) is 0 Å². The maximum absolute atomic E-state index is 6.02. The highest BCUT2D eigenvalue weighted by Crippen LogP contribution is 2.30. The van der Waals surface area contributed by atoms with Crippen molar-refractivity contribution < 1.29 is 4.74 Å². The molecule has 1 aromatic heterocycles. The third kappa shape index (κ3) is 3.72. The summed E-state index contributed by atoms with van der Waals surface area (Å²) in [6.45, 7) is 0.738. The first-order valence-corrected chi connectivity index (χ1v) is 7.84. The molecule has 3 rings (SSSR count). The summed E-state index contributed by atoms with van der Waals surface area (Å²) in [6, 6.07) is 13.3. The lowest BCUT2D eigenvalue weighted by Crippen LogP contribution is -2.11. The molecule has 0 aliphatic rings. The fourth-order valence-electron chi connectivity index (χ4n) is 2.39. The molecule has 0 unspecified atom stereocenters. The lowest BCUT2D eigenvalue weighted by atomic mass is 10.1. The zero-order valence-electron chi connectivity index (χ0n) is 13.8. The van der Waals surface area contributed by atoms with E-state index in [1.807, 2.05) is 57.5 Å². The standard InChI is InChI=1S/C17H18ClN5O/c1-22(2)11-13-10-12(17-19-20-21-23(17)3)4-9-16(13)24-15-7-5-14(18)6-8-15/h4-10H,11H2,1-3H3. The van der Waals surface area contributed by atoms with Gasteiger partial charge in [-0.15, -0.1) is 5.10 Å². The van der Waals surface area contributed by atoms with E-state index in [0.717, 1.165) is 29.2 Å². The van der Waals surface area contributed by atoms with Gasteiger partial charge in [-0.05, 0) is 67.0 Å². The van der Waals surface area contributed by atoms with E-state index in [0.29, 0.717) is 10.8 Å². The van der Waals surface area contributed by atoms with Gasteiger partial charge >= 0.3 is 0 Å². The summed E-state index contributed by atoms with van der Waals surface area (Å²) in [4.78, 5) is 2.09. The number of rotatable bonds is 5. The number of nitrogens with zero attached hydrogens (tertiary/aromatic N) is 5. The molecule has 0 saturated carbocycles. The molecule has 7 heteroatoms. The molecule has 2 aromatic carbocycles. The van der Waals surface area contributed by atoms with Crippen LogP contribution in [0.15, 0.2) is 42.5 Å². The second-order valence-electron chi connectivity index (χ2n) is 5.74. The van der Waals surface area contributed by atoms with Gasteiger partial charge in [-0.25, -0.2) is 4.68 Å². The van der Waals surface area contributed by atoms with Crippen LogP contribution in [0.4, 0.5) is 0 Å². The number of halogens is 1. The zero-order valence-corrected chi connectivity index (χ0v) is 14.5. The van der Waals surface area contributed by atoms with E-state index >= 15 is 0 Å². The van der Waals surface area contributed by atoms with Crippen LogP contribution in [0.3, 0.4) is 0 Å². The van der Waals surface area contributed by atoms with Crippen molar-refractivity contribution >= 4 is 11.6 Å². The van der Waals surface area contributed by atoms with Crippen LogP contribution < -0.4 is 4.74 Å². The van der Waals surface area contributed by atoms with E-state index < -0.39 is 0 Å². The highest BCUT2D eigenvalue weighted by atomic mass is 35.5. The van der Waals surface area contributed by atoms with E-state index in [1.165, 1.54) is 0 Å². The van der Waals surface area contributed by atoms with Crippen LogP contribution in [0, 0.1) is 0 Å². The molecule has 6 nitrogen and oxygen atoms in total. The van der Waals surface area contributed by atoms with Crippen molar-refractivity contribution in [1.29, 1.82) is 0 Å². The van der Waals surface area contributed by atoms with Gasteiger partial charge in [-0.3, -0.25) is 0 Å². The SMILES string of the molecule is CN(C)Cc1cc(-c2nnnn2C)ccc1Oc1ccc(Cl)cc1. The molecule has 0 radical (unpaired) electrons. The van der Waals surface area contributed by atoms with Gasteiger partial charge in [-0.1, -0.05) is 11.6 Å². The van der Waals surface area contributed by atoms with Gasteiger partial charge in [0.1, 0.15) is 11.5 Å². The Morgan fingerprint density at radius 3 is 2.50 bits per heavy atom. The molecule has 0 fully saturated rings. The monoisotopic (exact) mass is 343 g/mol. The second kappa shape index (κ2) is 6.98. The second-order valence-corrected chi connectivity index (χ2v) is 6.18. The molecular weight excluding hydrogens is 326 g/mol. The Kier molecular flexibility index (Phi) is 4.78. The first-order valence-electron chi connectivity index (χ1n) is 7.47. The normalized spacial score (nSPS) is 11.0. The van der Waals surface area contributed by atoms with E-state index in [2.05, 4.69) is 26.5 Å². The predicted octanol–water partition coefficient (Wildman–Crippen LogP) is 3.38. The molecule has 3 aromatic rings.